The number of nitrogens with zero attached hydrogens (tertiary/aromatic N) is 2. The fourth-order valence-electron chi connectivity index (χ4n) is 1.56. The maximum Gasteiger partial charge on any atom is 0.275 e. The van der Waals surface area contributed by atoms with Crippen molar-refractivity contribution < 1.29 is 4.79 Å². The Bertz CT molecular complexity index is 623. The first-order chi connectivity index (χ1) is 8.60. The molecule has 1 N–H and O–H groups in total. The van der Waals surface area contributed by atoms with E-state index >= 15 is 0 Å². The second kappa shape index (κ2) is 4.98. The summed E-state index contributed by atoms with van der Waals surface area (Å²) in [6.07, 6.45) is 0. The highest BCUT2D eigenvalue weighted by molar-refractivity contribution is 7.11. The Hall–Kier alpha value is -2.19. The average Bonchev–Trinajstić information content (AvgIpc) is 2.69. The Morgan fingerprint density at radius 2 is 2.00 bits per heavy atom. The van der Waals surface area contributed by atoms with E-state index in [1.165, 1.54) is 11.3 Å². The van der Waals surface area contributed by atoms with Crippen LogP contribution >= 0.6 is 11.3 Å². The molecule has 5 heteroatoms. The molecule has 0 unspecified atom stereocenters. The quantitative estimate of drug-likeness (QED) is 0.899. The van der Waals surface area contributed by atoms with Gasteiger partial charge in [0.1, 0.15) is 5.69 Å². The molecule has 90 valence electrons. The highest BCUT2D eigenvalue weighted by Gasteiger charge is 2.13. The summed E-state index contributed by atoms with van der Waals surface area (Å²) in [4.78, 5) is 17.1. The molecule has 1 aromatic carbocycles. The molecule has 0 bridgehead atoms. The number of carbonyl (C=O) groups excluding carboxylic acids is 1. The van der Waals surface area contributed by atoms with Gasteiger partial charge in [0.05, 0.1) is 16.6 Å². The zero-order valence-corrected chi connectivity index (χ0v) is 10.8. The lowest BCUT2D eigenvalue weighted by atomic mass is 10.2. The fraction of sp³-hybridized carbons (Fsp3) is 0.154. The maximum atomic E-state index is 12.0. The van der Waals surface area contributed by atoms with Gasteiger partial charge in [-0.3, -0.25) is 4.79 Å². The van der Waals surface area contributed by atoms with E-state index in [0.717, 1.165) is 9.88 Å². The molecule has 2 rings (SSSR count). The van der Waals surface area contributed by atoms with Gasteiger partial charge in [-0.1, -0.05) is 0 Å². The van der Waals surface area contributed by atoms with E-state index in [1.54, 1.807) is 24.3 Å². The van der Waals surface area contributed by atoms with Crippen LogP contribution in [0, 0.1) is 25.2 Å². The van der Waals surface area contributed by atoms with Gasteiger partial charge in [0, 0.05) is 10.6 Å². The first-order valence-electron chi connectivity index (χ1n) is 5.35. The largest absolute Gasteiger partial charge is 0.321 e. The summed E-state index contributed by atoms with van der Waals surface area (Å²) in [7, 11) is 0. The Balaban J connectivity index is 2.16. The van der Waals surface area contributed by atoms with E-state index in [1.807, 2.05) is 19.9 Å². The lowest BCUT2D eigenvalue weighted by Crippen LogP contribution is -2.13. The summed E-state index contributed by atoms with van der Waals surface area (Å²) in [6, 6.07) is 8.75. The van der Waals surface area contributed by atoms with E-state index in [2.05, 4.69) is 10.3 Å². The van der Waals surface area contributed by atoms with Crippen LogP contribution in [0.5, 0.6) is 0 Å². The number of anilines is 1. The molecule has 2 aromatic rings. The normalized spacial score (nSPS) is 9.83. The van der Waals surface area contributed by atoms with Gasteiger partial charge >= 0.3 is 0 Å². The van der Waals surface area contributed by atoms with Crippen molar-refractivity contribution >= 4 is 22.9 Å². The molecule has 0 fully saturated rings. The maximum absolute atomic E-state index is 12.0. The minimum atomic E-state index is -0.221. The van der Waals surface area contributed by atoms with Crippen molar-refractivity contribution in [2.45, 2.75) is 13.8 Å². The van der Waals surface area contributed by atoms with Gasteiger partial charge in [-0.15, -0.1) is 11.3 Å². The van der Waals surface area contributed by atoms with Crippen LogP contribution in [0.4, 0.5) is 5.69 Å². The monoisotopic (exact) mass is 257 g/mol. The van der Waals surface area contributed by atoms with Crippen LogP contribution in [0.25, 0.3) is 0 Å². The molecule has 0 spiro atoms. The van der Waals surface area contributed by atoms with Crippen LogP contribution in [0.15, 0.2) is 24.3 Å². The number of benzene rings is 1. The summed E-state index contributed by atoms with van der Waals surface area (Å²) >= 11 is 1.50. The molecular weight excluding hydrogens is 246 g/mol. The molecule has 1 amide bonds. The number of hydrogen-bond acceptors (Lipinski definition) is 4. The highest BCUT2D eigenvalue weighted by atomic mass is 32.1. The predicted octanol–water partition coefficient (Wildman–Crippen LogP) is 2.88. The molecule has 18 heavy (non-hydrogen) atoms. The second-order valence-corrected chi connectivity index (χ2v) is 5.19. The molecule has 1 aromatic heterocycles. The molecule has 0 aliphatic rings. The summed E-state index contributed by atoms with van der Waals surface area (Å²) in [5.74, 6) is -0.221. The van der Waals surface area contributed by atoms with Crippen molar-refractivity contribution in [2.24, 2.45) is 0 Å². The van der Waals surface area contributed by atoms with Crippen LogP contribution in [0.2, 0.25) is 0 Å². The number of nitriles is 1. The van der Waals surface area contributed by atoms with Crippen LogP contribution in [0.3, 0.4) is 0 Å². The number of thiazole rings is 1. The van der Waals surface area contributed by atoms with E-state index in [-0.39, 0.29) is 5.91 Å². The van der Waals surface area contributed by atoms with E-state index in [4.69, 9.17) is 5.26 Å². The minimum Gasteiger partial charge on any atom is -0.321 e. The van der Waals surface area contributed by atoms with E-state index in [0.29, 0.717) is 16.9 Å². The first kappa shape index (κ1) is 12.3. The topological polar surface area (TPSA) is 65.8 Å². The third-order valence-corrected chi connectivity index (χ3v) is 3.28. The standard InChI is InChI=1S/C13H11N3OS/c1-8-12(15-9(2)18-8)13(17)16-11-5-3-10(7-14)4-6-11/h3-6H,1-2H3,(H,16,17). The summed E-state index contributed by atoms with van der Waals surface area (Å²) < 4.78 is 0. The third-order valence-electron chi connectivity index (χ3n) is 2.39. The number of carbonyl (C=O) groups is 1. The second-order valence-electron chi connectivity index (χ2n) is 3.78. The number of rotatable bonds is 2. The van der Waals surface area contributed by atoms with Crippen LogP contribution < -0.4 is 5.32 Å². The SMILES string of the molecule is Cc1nc(C(=O)Nc2ccc(C#N)cc2)c(C)s1. The lowest BCUT2D eigenvalue weighted by molar-refractivity contribution is 0.102. The molecular formula is C13H11N3OS. The first-order valence-corrected chi connectivity index (χ1v) is 6.17. The summed E-state index contributed by atoms with van der Waals surface area (Å²) in [5, 5.41) is 12.3. The highest BCUT2D eigenvalue weighted by Crippen LogP contribution is 2.18. The van der Waals surface area contributed by atoms with Crippen molar-refractivity contribution in [3.8, 4) is 6.07 Å². The third kappa shape index (κ3) is 2.55. The number of hydrogen-bond donors (Lipinski definition) is 1. The smallest absolute Gasteiger partial charge is 0.275 e. The molecule has 0 aliphatic carbocycles. The molecule has 0 aliphatic heterocycles. The molecule has 1 heterocycles. The van der Waals surface area contributed by atoms with Gasteiger partial charge in [-0.2, -0.15) is 5.26 Å². The van der Waals surface area contributed by atoms with Gasteiger partial charge in [0.2, 0.25) is 0 Å². The van der Waals surface area contributed by atoms with Crippen molar-refractivity contribution in [1.29, 1.82) is 5.26 Å². The van der Waals surface area contributed by atoms with Gasteiger partial charge in [0.15, 0.2) is 0 Å². The number of aryl methyl sites for hydroxylation is 2. The number of amides is 1. The molecule has 0 atom stereocenters. The molecule has 4 nitrogen and oxygen atoms in total. The summed E-state index contributed by atoms with van der Waals surface area (Å²) in [6.45, 7) is 3.74. The molecule has 0 saturated heterocycles. The Morgan fingerprint density at radius 3 is 2.50 bits per heavy atom. The number of aromatic nitrogens is 1. The zero-order valence-electron chi connectivity index (χ0n) is 10.0. The van der Waals surface area contributed by atoms with Gasteiger partial charge in [-0.25, -0.2) is 4.98 Å². The van der Waals surface area contributed by atoms with Gasteiger partial charge in [-0.05, 0) is 38.1 Å². The molecule has 0 radical (unpaired) electrons. The minimum absolute atomic E-state index is 0.221. The average molecular weight is 257 g/mol. The van der Waals surface area contributed by atoms with Gasteiger partial charge < -0.3 is 5.32 Å². The van der Waals surface area contributed by atoms with Crippen molar-refractivity contribution in [3.63, 3.8) is 0 Å². The zero-order chi connectivity index (χ0) is 13.1. The van der Waals surface area contributed by atoms with Gasteiger partial charge in [0.25, 0.3) is 5.91 Å². The van der Waals surface area contributed by atoms with Crippen molar-refractivity contribution in [2.75, 3.05) is 5.32 Å². The molecule has 0 saturated carbocycles. The Labute approximate surface area is 109 Å². The Morgan fingerprint density at radius 1 is 1.33 bits per heavy atom. The van der Waals surface area contributed by atoms with Crippen LogP contribution in [-0.4, -0.2) is 10.9 Å². The lowest BCUT2D eigenvalue weighted by Gasteiger charge is -2.03. The van der Waals surface area contributed by atoms with E-state index in [9.17, 15) is 4.79 Å². The van der Waals surface area contributed by atoms with Crippen molar-refractivity contribution in [1.82, 2.24) is 4.98 Å². The fourth-order valence-corrected chi connectivity index (χ4v) is 2.37. The Kier molecular flexibility index (Phi) is 3.40. The number of nitrogens with one attached hydrogen (secondary N) is 1. The summed E-state index contributed by atoms with van der Waals surface area (Å²) in [5.41, 5.74) is 1.68. The predicted molar refractivity (Wildman–Crippen MR) is 70.7 cm³/mol. The van der Waals surface area contributed by atoms with Crippen LogP contribution in [-0.2, 0) is 0 Å². The van der Waals surface area contributed by atoms with Crippen molar-refractivity contribution in [3.05, 3.63) is 45.4 Å². The van der Waals surface area contributed by atoms with E-state index < -0.39 is 0 Å². The van der Waals surface area contributed by atoms with Crippen LogP contribution in [0.1, 0.15) is 25.9 Å².